The van der Waals surface area contributed by atoms with Gasteiger partial charge in [0.2, 0.25) is 6.29 Å². The maximum absolute atomic E-state index is 14.0. The first-order valence-corrected chi connectivity index (χ1v) is 17.9. The maximum atomic E-state index is 14.0. The Hall–Kier alpha value is -6.05. The van der Waals surface area contributed by atoms with Crippen LogP contribution in [0.1, 0.15) is 100 Å². The summed E-state index contributed by atoms with van der Waals surface area (Å²) in [6.07, 6.45) is 4.68. The third-order valence-corrected chi connectivity index (χ3v) is 8.51. The molecule has 3 aromatic rings. The number of pyridine rings is 1. The van der Waals surface area contributed by atoms with Crippen molar-refractivity contribution < 1.29 is 38.2 Å². The minimum absolute atomic E-state index is 0.0298. The van der Waals surface area contributed by atoms with Crippen molar-refractivity contribution in [3.05, 3.63) is 88.8 Å². The van der Waals surface area contributed by atoms with Crippen LogP contribution in [0, 0.1) is 12.8 Å². The predicted octanol–water partition coefficient (Wildman–Crippen LogP) is 6.72. The zero-order valence-corrected chi connectivity index (χ0v) is 31.4. The van der Waals surface area contributed by atoms with Gasteiger partial charge in [0.05, 0.1) is 6.61 Å². The van der Waals surface area contributed by atoms with Crippen LogP contribution < -0.4 is 16.4 Å². The number of amides is 4. The molecule has 0 saturated heterocycles. The summed E-state index contributed by atoms with van der Waals surface area (Å²) in [6, 6.07) is 12.7. The fourth-order valence-electron chi connectivity index (χ4n) is 5.25. The monoisotopic (exact) mass is 740 g/mol. The Balaban J connectivity index is 1.63. The molecule has 4 amide bonds. The molecule has 1 fully saturated rings. The molecule has 0 bridgehead atoms. The number of benzene rings is 2. The van der Waals surface area contributed by atoms with Crippen molar-refractivity contribution in [3.8, 4) is 11.1 Å². The Morgan fingerprint density at radius 2 is 1.72 bits per heavy atom. The van der Waals surface area contributed by atoms with Crippen LogP contribution in [-0.4, -0.2) is 79.2 Å². The van der Waals surface area contributed by atoms with Crippen molar-refractivity contribution in [1.82, 2.24) is 15.2 Å². The highest BCUT2D eigenvalue weighted by Crippen LogP contribution is 2.32. The summed E-state index contributed by atoms with van der Waals surface area (Å²) in [5.74, 6) is -1.61. The van der Waals surface area contributed by atoms with E-state index in [9.17, 15) is 24.0 Å². The smallest absolute Gasteiger partial charge is 0.435 e. The molecule has 4 rings (SSSR count). The molecular formula is C40H48N6O8. The van der Waals surface area contributed by atoms with Gasteiger partial charge in [-0.25, -0.2) is 19.4 Å². The number of nitrogens with zero attached hydrogens (tertiary/aromatic N) is 3. The summed E-state index contributed by atoms with van der Waals surface area (Å²) in [5, 5.41) is 5.70. The van der Waals surface area contributed by atoms with Crippen LogP contribution in [0.3, 0.4) is 0 Å². The van der Waals surface area contributed by atoms with E-state index >= 15 is 0 Å². The van der Waals surface area contributed by atoms with Gasteiger partial charge in [-0.2, -0.15) is 4.99 Å². The van der Waals surface area contributed by atoms with E-state index in [0.717, 1.165) is 44.1 Å². The number of rotatable bonds is 16. The number of hydrogen-bond donors (Lipinski definition) is 3. The molecule has 2 aromatic carbocycles. The van der Waals surface area contributed by atoms with Crippen molar-refractivity contribution in [2.75, 3.05) is 32.6 Å². The highest BCUT2D eigenvalue weighted by molar-refractivity contribution is 6.11. The van der Waals surface area contributed by atoms with Crippen LogP contribution in [-0.2, 0) is 14.2 Å². The second kappa shape index (κ2) is 19.1. The number of aromatic nitrogens is 1. The summed E-state index contributed by atoms with van der Waals surface area (Å²) in [4.78, 5) is 74.3. The number of nitrogens with one attached hydrogen (secondary N) is 2. The lowest BCUT2D eigenvalue weighted by atomic mass is 9.92. The normalized spacial score (nSPS) is 12.9. The maximum Gasteiger partial charge on any atom is 0.435 e. The molecule has 286 valence electrons. The molecule has 4 N–H and O–H groups in total. The van der Waals surface area contributed by atoms with Crippen LogP contribution >= 0.6 is 0 Å². The number of esters is 1. The zero-order chi connectivity index (χ0) is 39.4. The average Bonchev–Trinajstić information content (AvgIpc) is 3.98. The molecule has 14 heteroatoms. The van der Waals surface area contributed by atoms with Crippen molar-refractivity contribution in [2.24, 2.45) is 16.6 Å². The number of hydrogen-bond acceptors (Lipinski definition) is 9. The molecule has 1 aliphatic carbocycles. The molecule has 0 radical (unpaired) electrons. The molecule has 0 aliphatic heterocycles. The lowest BCUT2D eigenvalue weighted by Gasteiger charge is -2.19. The third-order valence-electron chi connectivity index (χ3n) is 8.51. The Kier molecular flexibility index (Phi) is 14.4. The highest BCUT2D eigenvalue weighted by atomic mass is 16.7. The number of anilines is 1. The zero-order valence-electron chi connectivity index (χ0n) is 31.4. The van der Waals surface area contributed by atoms with Gasteiger partial charge in [-0.15, -0.1) is 0 Å². The third kappa shape index (κ3) is 11.5. The van der Waals surface area contributed by atoms with E-state index < -0.39 is 36.3 Å². The molecule has 0 spiro atoms. The van der Waals surface area contributed by atoms with Crippen LogP contribution in [0.15, 0.2) is 60.1 Å². The lowest BCUT2D eigenvalue weighted by molar-refractivity contribution is -0.0668. The van der Waals surface area contributed by atoms with Gasteiger partial charge in [0.15, 0.2) is 5.69 Å². The van der Waals surface area contributed by atoms with Gasteiger partial charge in [0.1, 0.15) is 11.5 Å². The number of unbranched alkanes of at least 4 members (excludes halogenated alkanes) is 3. The first-order valence-electron chi connectivity index (χ1n) is 17.9. The molecule has 1 aliphatic rings. The summed E-state index contributed by atoms with van der Waals surface area (Å²) in [6.45, 7) is 9.91. The van der Waals surface area contributed by atoms with E-state index in [-0.39, 0.29) is 35.0 Å². The minimum Gasteiger partial charge on any atom is -0.448 e. The molecular weight excluding hydrogens is 692 g/mol. The fraction of sp³-hybridized carbons (Fsp3) is 0.375. The lowest BCUT2D eigenvalue weighted by Crippen LogP contribution is -2.30. The molecule has 1 saturated carbocycles. The fourth-order valence-corrected chi connectivity index (χ4v) is 5.25. The first kappa shape index (κ1) is 40.7. The number of ether oxygens (including phenoxy) is 3. The summed E-state index contributed by atoms with van der Waals surface area (Å²) in [7, 11) is 2.96. The number of carbonyl (C=O) groups is 5. The summed E-state index contributed by atoms with van der Waals surface area (Å²) in [5.41, 5.74) is 8.69. The first-order chi connectivity index (χ1) is 25.8. The molecule has 1 heterocycles. The highest BCUT2D eigenvalue weighted by Gasteiger charge is 2.27. The van der Waals surface area contributed by atoms with E-state index in [2.05, 4.69) is 34.1 Å². The molecule has 54 heavy (non-hydrogen) atoms. The quantitative estimate of drug-likeness (QED) is 0.0467. The average molecular weight is 741 g/mol. The number of amidine groups is 1. The number of carbonyl (C=O) groups excluding carboxylic acids is 5. The van der Waals surface area contributed by atoms with Crippen molar-refractivity contribution in [2.45, 2.75) is 65.6 Å². The van der Waals surface area contributed by atoms with Crippen molar-refractivity contribution in [3.63, 3.8) is 0 Å². The van der Waals surface area contributed by atoms with E-state index in [1.807, 2.05) is 6.92 Å². The molecule has 1 atom stereocenters. The van der Waals surface area contributed by atoms with E-state index in [1.54, 1.807) is 42.5 Å². The SMILES string of the molecule is C=Cc1cc(C(=O)Nc2ccc(C(N)=NC(=O)OCCCCCC)cc2)c(-c2ccc(C(=O)NCC3CC3)nc2C(=O)OC(C)OC(=O)N(C)C)cc1C. The Labute approximate surface area is 315 Å². The number of aliphatic imine (C=N–C) groups is 1. The Bertz CT molecular complexity index is 1900. The van der Waals surface area contributed by atoms with Crippen LogP contribution in [0.25, 0.3) is 17.2 Å². The Morgan fingerprint density at radius 1 is 1.00 bits per heavy atom. The van der Waals surface area contributed by atoms with Crippen LogP contribution in [0.2, 0.25) is 0 Å². The van der Waals surface area contributed by atoms with Gasteiger partial charge in [-0.05, 0) is 97.3 Å². The van der Waals surface area contributed by atoms with E-state index in [4.69, 9.17) is 19.9 Å². The Morgan fingerprint density at radius 3 is 2.37 bits per heavy atom. The van der Waals surface area contributed by atoms with Crippen LogP contribution in [0.5, 0.6) is 0 Å². The summed E-state index contributed by atoms with van der Waals surface area (Å²) >= 11 is 0. The van der Waals surface area contributed by atoms with Gasteiger partial charge in [-0.1, -0.05) is 38.8 Å². The standard InChI is InChI=1S/C40H48N6O8/c1-7-9-10-11-20-52-39(50)45-35(41)28-14-16-29(17-15-28)43-36(47)32-22-27(8-2)24(3)21-31(32)30-18-19-33(37(48)42-23-26-12-13-26)44-34(30)38(49)53-25(4)54-40(51)46(5)6/h8,14-19,21-22,25-26H,2,7,9-13,20,23H2,1,3-6H3,(H,42,48)(H,43,47)(H2,41,45,50). The van der Waals surface area contributed by atoms with Gasteiger partial charge in [-0.3, -0.25) is 9.59 Å². The largest absolute Gasteiger partial charge is 0.448 e. The molecule has 1 unspecified atom stereocenters. The minimum atomic E-state index is -1.30. The van der Waals surface area contributed by atoms with Gasteiger partial charge in [0.25, 0.3) is 11.8 Å². The predicted molar refractivity (Wildman–Crippen MR) is 205 cm³/mol. The van der Waals surface area contributed by atoms with Crippen molar-refractivity contribution >= 4 is 47.6 Å². The van der Waals surface area contributed by atoms with Gasteiger partial charge >= 0.3 is 18.2 Å². The molecule has 14 nitrogen and oxygen atoms in total. The number of aryl methyl sites for hydroxylation is 1. The van der Waals surface area contributed by atoms with Crippen LogP contribution in [0.4, 0.5) is 15.3 Å². The second-order valence-corrected chi connectivity index (χ2v) is 13.2. The van der Waals surface area contributed by atoms with Crippen molar-refractivity contribution in [1.29, 1.82) is 0 Å². The van der Waals surface area contributed by atoms with E-state index in [1.165, 1.54) is 38.1 Å². The number of nitrogens with two attached hydrogens (primary N) is 1. The second-order valence-electron chi connectivity index (χ2n) is 13.2. The molecule has 1 aromatic heterocycles. The topological polar surface area (TPSA) is 192 Å². The summed E-state index contributed by atoms with van der Waals surface area (Å²) < 4.78 is 15.8. The van der Waals surface area contributed by atoms with E-state index in [0.29, 0.717) is 34.8 Å². The van der Waals surface area contributed by atoms with Gasteiger partial charge in [0, 0.05) is 49.9 Å². The van der Waals surface area contributed by atoms with Gasteiger partial charge < -0.3 is 35.5 Å².